The van der Waals surface area contributed by atoms with Gasteiger partial charge >= 0.3 is 7.48 Å². The van der Waals surface area contributed by atoms with Crippen molar-refractivity contribution in [3.63, 3.8) is 0 Å². The van der Waals surface area contributed by atoms with Crippen molar-refractivity contribution in [2.45, 2.75) is 90.5 Å². The van der Waals surface area contributed by atoms with E-state index in [4.69, 9.17) is 14.1 Å². The van der Waals surface area contributed by atoms with E-state index in [9.17, 15) is 19.6 Å². The van der Waals surface area contributed by atoms with Crippen molar-refractivity contribution in [1.29, 1.82) is 5.26 Å². The molecule has 3 amide bonds. The van der Waals surface area contributed by atoms with E-state index >= 15 is 0 Å². The van der Waals surface area contributed by atoms with Crippen molar-refractivity contribution in [3.05, 3.63) is 104 Å². The molecule has 2 aliphatic heterocycles. The third kappa shape index (κ3) is 9.26. The van der Waals surface area contributed by atoms with Crippen LogP contribution in [0.4, 0.5) is 0 Å². The fraction of sp³-hybridized carbons (Fsp3) is 0.350. The molecule has 3 heterocycles. The Kier molecular flexibility index (Phi) is 12.2. The molecule has 0 aliphatic carbocycles. The molecule has 1 unspecified atom stereocenters. The molecule has 51 heavy (non-hydrogen) atoms. The Morgan fingerprint density at radius 3 is 2.65 bits per heavy atom. The summed E-state index contributed by atoms with van der Waals surface area (Å²) in [4.78, 5) is 37.9. The van der Waals surface area contributed by atoms with Crippen molar-refractivity contribution in [3.8, 4) is 23.3 Å². The van der Waals surface area contributed by atoms with E-state index < -0.39 is 0 Å². The number of carbonyl (C=O) groups excluding carboxylic acids is 3. The van der Waals surface area contributed by atoms with Crippen molar-refractivity contribution in [2.75, 3.05) is 0 Å². The second kappa shape index (κ2) is 17.3. The van der Waals surface area contributed by atoms with E-state index in [1.54, 1.807) is 23.7 Å². The predicted octanol–water partition coefficient (Wildman–Crippen LogP) is 6.90. The lowest BCUT2D eigenvalue weighted by Gasteiger charge is -2.24. The van der Waals surface area contributed by atoms with Crippen LogP contribution < -0.4 is 20.3 Å². The van der Waals surface area contributed by atoms with E-state index in [-0.39, 0.29) is 24.3 Å². The zero-order chi connectivity index (χ0) is 35.6. The molecule has 0 spiro atoms. The van der Waals surface area contributed by atoms with Gasteiger partial charge in [0.2, 0.25) is 12.3 Å². The maximum absolute atomic E-state index is 13.0. The molecule has 0 fully saturated rings. The first-order valence-corrected chi connectivity index (χ1v) is 18.4. The van der Waals surface area contributed by atoms with Crippen LogP contribution >= 0.6 is 11.3 Å². The van der Waals surface area contributed by atoms with Crippen LogP contribution in [0.25, 0.3) is 0 Å². The first-order chi connectivity index (χ1) is 24.9. The summed E-state index contributed by atoms with van der Waals surface area (Å²) >= 11 is 1.54. The fourth-order valence-electron chi connectivity index (χ4n) is 6.54. The standard InChI is InChI=1S/C40H41BN3O6S/c1-27(9-18-39(46)43-26-45)44-22-34-35(40(44)47)25-51-38(34)24-48-32-13-10-28(11-14-32)7-5-3-2-4-6-8-30-19-29(21-42)12-17-37(30)50-33-15-16-36-31(20-33)23-49-41-36/h10-17,19-20,25-27H,2-9,18,22-24H2,1H3,(H,43,45,46). The van der Waals surface area contributed by atoms with Gasteiger partial charge in [-0.05, 0) is 104 Å². The van der Waals surface area contributed by atoms with Crippen LogP contribution in [-0.4, -0.2) is 36.6 Å². The number of imide groups is 1. The number of aryl methyl sites for hydroxylation is 2. The Morgan fingerprint density at radius 1 is 1.06 bits per heavy atom. The lowest BCUT2D eigenvalue weighted by Crippen LogP contribution is -2.34. The minimum absolute atomic E-state index is 0.0222. The number of benzene rings is 3. The highest BCUT2D eigenvalue weighted by atomic mass is 32.1. The number of rotatable bonds is 18. The molecule has 9 nitrogen and oxygen atoms in total. The molecule has 0 saturated heterocycles. The molecule has 3 aromatic carbocycles. The molecule has 6 rings (SSSR count). The molecular weight excluding hydrogens is 661 g/mol. The number of nitrogens with zero attached hydrogens (tertiary/aromatic N) is 2. The number of ether oxygens (including phenoxy) is 2. The SMILES string of the molecule is CC(CCC(=O)NC=O)N1Cc2c(csc2COc2ccc(CCCCCCCc3cc(C#N)ccc3Oc3ccc4c(c3)CO[B]4)cc2)C1=O. The summed E-state index contributed by atoms with van der Waals surface area (Å²) in [5.74, 6) is 2.01. The minimum Gasteiger partial charge on any atom is -0.488 e. The summed E-state index contributed by atoms with van der Waals surface area (Å²) in [7, 11) is 1.77. The van der Waals surface area contributed by atoms with Crippen LogP contribution in [0.1, 0.15) is 94.9 Å². The third-order valence-corrected chi connectivity index (χ3v) is 10.5. The van der Waals surface area contributed by atoms with Gasteiger partial charge in [0.1, 0.15) is 23.9 Å². The molecule has 11 heteroatoms. The van der Waals surface area contributed by atoms with Crippen LogP contribution in [0.3, 0.4) is 0 Å². The molecule has 261 valence electrons. The highest BCUT2D eigenvalue weighted by Crippen LogP contribution is 2.34. The van der Waals surface area contributed by atoms with Crippen LogP contribution in [-0.2, 0) is 46.8 Å². The zero-order valence-electron chi connectivity index (χ0n) is 28.8. The highest BCUT2D eigenvalue weighted by Gasteiger charge is 2.34. The minimum atomic E-state index is -0.340. The van der Waals surface area contributed by atoms with Gasteiger partial charge in [-0.1, -0.05) is 37.5 Å². The van der Waals surface area contributed by atoms with Crippen LogP contribution in [0.15, 0.2) is 66.0 Å². The Labute approximate surface area is 303 Å². The Hall–Kier alpha value is -4.92. The topological polar surface area (TPSA) is 118 Å². The maximum atomic E-state index is 13.0. The summed E-state index contributed by atoms with van der Waals surface area (Å²) in [6.07, 6.45) is 8.49. The Bertz CT molecular complexity index is 1900. The number of thiophene rings is 1. The quantitative estimate of drug-likeness (QED) is 0.0681. The van der Waals surface area contributed by atoms with Crippen LogP contribution in [0.5, 0.6) is 17.2 Å². The van der Waals surface area contributed by atoms with Crippen molar-refractivity contribution in [2.24, 2.45) is 0 Å². The summed E-state index contributed by atoms with van der Waals surface area (Å²) in [5, 5.41) is 13.5. The fourth-order valence-corrected chi connectivity index (χ4v) is 7.48. The van der Waals surface area contributed by atoms with Gasteiger partial charge in [-0.15, -0.1) is 11.3 Å². The summed E-state index contributed by atoms with van der Waals surface area (Å²) in [6, 6.07) is 22.0. The normalized spacial score (nSPS) is 13.6. The number of nitrogens with one attached hydrogen (secondary N) is 1. The van der Waals surface area contributed by atoms with E-state index in [0.29, 0.717) is 43.7 Å². The van der Waals surface area contributed by atoms with Crippen LogP contribution in [0.2, 0.25) is 0 Å². The molecule has 2 aliphatic rings. The molecular formula is C40H41BN3O6S. The van der Waals surface area contributed by atoms with E-state index in [1.807, 2.05) is 60.8 Å². The van der Waals surface area contributed by atoms with Gasteiger partial charge in [0.15, 0.2) is 0 Å². The smallest absolute Gasteiger partial charge is 0.330 e. The lowest BCUT2D eigenvalue weighted by atomic mass is 9.87. The molecule has 0 bridgehead atoms. The van der Waals surface area contributed by atoms with E-state index in [2.05, 4.69) is 23.5 Å². The predicted molar refractivity (Wildman–Crippen MR) is 196 cm³/mol. The van der Waals surface area contributed by atoms with Crippen molar-refractivity contribution >= 4 is 42.5 Å². The first kappa shape index (κ1) is 35.9. The highest BCUT2D eigenvalue weighted by molar-refractivity contribution is 7.10. The summed E-state index contributed by atoms with van der Waals surface area (Å²) in [6.45, 7) is 3.39. The molecule has 1 atom stereocenters. The third-order valence-electron chi connectivity index (χ3n) is 9.53. The van der Waals surface area contributed by atoms with Crippen molar-refractivity contribution in [1.82, 2.24) is 10.2 Å². The van der Waals surface area contributed by atoms with Gasteiger partial charge < -0.3 is 19.0 Å². The van der Waals surface area contributed by atoms with Gasteiger partial charge in [-0.3, -0.25) is 19.7 Å². The zero-order valence-corrected chi connectivity index (χ0v) is 29.6. The van der Waals surface area contributed by atoms with Gasteiger partial charge in [0.05, 0.1) is 23.8 Å². The number of hydrogen-bond donors (Lipinski definition) is 1. The average molecular weight is 703 g/mol. The average Bonchev–Trinajstić information content (AvgIpc) is 3.87. The summed E-state index contributed by atoms with van der Waals surface area (Å²) < 4.78 is 17.8. The first-order valence-electron chi connectivity index (χ1n) is 17.6. The number of unbranched alkanes of at least 4 members (excludes halogenated alkanes) is 4. The number of hydrogen-bond acceptors (Lipinski definition) is 8. The number of fused-ring (bicyclic) bond motifs is 2. The maximum Gasteiger partial charge on any atom is 0.330 e. The van der Waals surface area contributed by atoms with E-state index in [0.717, 1.165) is 89.2 Å². The molecule has 1 N–H and O–H groups in total. The number of amides is 3. The molecule has 1 radical (unpaired) electrons. The van der Waals surface area contributed by atoms with E-state index in [1.165, 1.54) is 5.56 Å². The lowest BCUT2D eigenvalue weighted by molar-refractivity contribution is -0.125. The van der Waals surface area contributed by atoms with Gasteiger partial charge in [-0.25, -0.2) is 0 Å². The molecule has 1 aromatic heterocycles. The monoisotopic (exact) mass is 702 g/mol. The largest absolute Gasteiger partial charge is 0.488 e. The molecule has 4 aromatic rings. The van der Waals surface area contributed by atoms with Gasteiger partial charge in [0, 0.05) is 34.8 Å². The second-order valence-corrected chi connectivity index (χ2v) is 14.0. The summed E-state index contributed by atoms with van der Waals surface area (Å²) in [5.41, 5.74) is 6.90. The van der Waals surface area contributed by atoms with Gasteiger partial charge in [-0.2, -0.15) is 5.26 Å². The van der Waals surface area contributed by atoms with Crippen molar-refractivity contribution < 1.29 is 28.5 Å². The molecule has 0 saturated carbocycles. The number of carbonyl (C=O) groups is 3. The number of nitriles is 1. The Morgan fingerprint density at radius 2 is 1.84 bits per heavy atom. The second-order valence-electron chi connectivity index (χ2n) is 13.1. The van der Waals surface area contributed by atoms with Gasteiger partial charge in [0.25, 0.3) is 5.91 Å². The Balaban J connectivity index is 0.896. The van der Waals surface area contributed by atoms with Crippen LogP contribution in [0, 0.1) is 11.3 Å².